The molecule has 0 amide bonds. The van der Waals surface area contributed by atoms with Crippen LogP contribution in [0.5, 0.6) is 0 Å². The average Bonchev–Trinajstić information content (AvgIpc) is 2.13. The van der Waals surface area contributed by atoms with Gasteiger partial charge in [0.05, 0.1) is 5.69 Å². The van der Waals surface area contributed by atoms with Gasteiger partial charge in [0.15, 0.2) is 0 Å². The van der Waals surface area contributed by atoms with Gasteiger partial charge in [-0.2, -0.15) is 8.42 Å². The first-order chi connectivity index (χ1) is 6.91. The van der Waals surface area contributed by atoms with E-state index in [2.05, 4.69) is 11.9 Å². The van der Waals surface area contributed by atoms with E-state index in [9.17, 15) is 8.42 Å². The van der Waals surface area contributed by atoms with Crippen molar-refractivity contribution in [2.24, 2.45) is 0 Å². The van der Waals surface area contributed by atoms with E-state index in [-0.39, 0.29) is 4.90 Å². The Morgan fingerprint density at radius 1 is 1.47 bits per heavy atom. The van der Waals surface area contributed by atoms with Gasteiger partial charge in [-0.25, -0.2) is 0 Å². The molecule has 4 nitrogen and oxygen atoms in total. The highest BCUT2D eigenvalue weighted by molar-refractivity contribution is 7.86. The Labute approximate surface area is 89.4 Å². The molecule has 0 aliphatic carbocycles. The molecule has 0 fully saturated rings. The second-order valence-electron chi connectivity index (χ2n) is 3.28. The summed E-state index contributed by atoms with van der Waals surface area (Å²) in [6.45, 7) is 5.97. The van der Waals surface area contributed by atoms with Gasteiger partial charge in [0.2, 0.25) is 0 Å². The maximum absolute atomic E-state index is 11.0. The van der Waals surface area contributed by atoms with Crippen LogP contribution in [0.3, 0.4) is 0 Å². The maximum Gasteiger partial charge on any atom is 0.296 e. The molecule has 0 spiro atoms. The van der Waals surface area contributed by atoms with Crippen molar-refractivity contribution >= 4 is 15.8 Å². The Balaban J connectivity index is 3.02. The van der Waals surface area contributed by atoms with Crippen LogP contribution in [-0.4, -0.2) is 19.5 Å². The largest absolute Gasteiger partial charge is 0.380 e. The van der Waals surface area contributed by atoms with Crippen molar-refractivity contribution in [2.45, 2.75) is 11.8 Å². The molecule has 2 N–H and O–H groups in total. The van der Waals surface area contributed by atoms with E-state index in [1.54, 1.807) is 18.2 Å². The summed E-state index contributed by atoms with van der Waals surface area (Å²) in [7, 11) is -4.17. The van der Waals surface area contributed by atoms with Gasteiger partial charge in [0.25, 0.3) is 10.1 Å². The van der Waals surface area contributed by atoms with Crippen molar-refractivity contribution in [3.63, 3.8) is 0 Å². The van der Waals surface area contributed by atoms with E-state index in [0.29, 0.717) is 12.2 Å². The number of hydrogen-bond donors (Lipinski definition) is 2. The molecular formula is C10H13NO3S. The average molecular weight is 227 g/mol. The fourth-order valence-corrected chi connectivity index (χ4v) is 1.75. The zero-order chi connectivity index (χ0) is 11.5. The first kappa shape index (κ1) is 11.7. The number of anilines is 1. The molecule has 15 heavy (non-hydrogen) atoms. The van der Waals surface area contributed by atoms with Crippen LogP contribution in [0, 0.1) is 0 Å². The summed E-state index contributed by atoms with van der Waals surface area (Å²) in [5.74, 6) is 0. The van der Waals surface area contributed by atoms with E-state index in [0.717, 1.165) is 5.57 Å². The molecule has 1 rings (SSSR count). The molecule has 1 aromatic rings. The normalized spacial score (nSPS) is 11.1. The SMILES string of the molecule is C=C(C)CNc1ccccc1S(=O)(=O)O. The molecule has 0 saturated carbocycles. The molecule has 5 heteroatoms. The van der Waals surface area contributed by atoms with Crippen molar-refractivity contribution in [3.05, 3.63) is 36.4 Å². The van der Waals surface area contributed by atoms with Crippen LogP contribution >= 0.6 is 0 Å². The van der Waals surface area contributed by atoms with Crippen molar-refractivity contribution in [3.8, 4) is 0 Å². The molecule has 0 saturated heterocycles. The topological polar surface area (TPSA) is 66.4 Å². The zero-order valence-electron chi connectivity index (χ0n) is 8.40. The quantitative estimate of drug-likeness (QED) is 0.609. The summed E-state index contributed by atoms with van der Waals surface area (Å²) in [5.41, 5.74) is 1.25. The van der Waals surface area contributed by atoms with Crippen LogP contribution in [0.15, 0.2) is 41.3 Å². The molecule has 0 aliphatic rings. The zero-order valence-corrected chi connectivity index (χ0v) is 9.21. The Morgan fingerprint density at radius 3 is 2.60 bits per heavy atom. The van der Waals surface area contributed by atoms with Crippen LogP contribution in [0.25, 0.3) is 0 Å². The molecular weight excluding hydrogens is 214 g/mol. The second-order valence-corrected chi connectivity index (χ2v) is 4.67. The monoisotopic (exact) mass is 227 g/mol. The summed E-state index contributed by atoms with van der Waals surface area (Å²) in [4.78, 5) is -0.119. The molecule has 0 unspecified atom stereocenters. The van der Waals surface area contributed by atoms with Gasteiger partial charge in [0.1, 0.15) is 4.90 Å². The predicted octanol–water partition coefficient (Wildman–Crippen LogP) is 1.92. The highest BCUT2D eigenvalue weighted by atomic mass is 32.2. The number of hydrogen-bond acceptors (Lipinski definition) is 3. The predicted molar refractivity (Wildman–Crippen MR) is 59.6 cm³/mol. The number of para-hydroxylation sites is 1. The molecule has 0 bridgehead atoms. The number of nitrogens with one attached hydrogen (secondary N) is 1. The molecule has 0 aromatic heterocycles. The van der Waals surface area contributed by atoms with Gasteiger partial charge >= 0.3 is 0 Å². The van der Waals surface area contributed by atoms with Gasteiger partial charge < -0.3 is 5.32 Å². The summed E-state index contributed by atoms with van der Waals surface area (Å²) < 4.78 is 30.9. The van der Waals surface area contributed by atoms with Crippen molar-refractivity contribution < 1.29 is 13.0 Å². The van der Waals surface area contributed by atoms with Gasteiger partial charge in [-0.05, 0) is 19.1 Å². The van der Waals surface area contributed by atoms with Gasteiger partial charge in [0, 0.05) is 6.54 Å². The van der Waals surface area contributed by atoms with Crippen molar-refractivity contribution in [1.29, 1.82) is 0 Å². The molecule has 82 valence electrons. The third-order valence-corrected chi connectivity index (χ3v) is 2.66. The third-order valence-electron chi connectivity index (χ3n) is 1.75. The first-order valence-electron chi connectivity index (χ1n) is 4.36. The van der Waals surface area contributed by atoms with Crippen LogP contribution in [-0.2, 0) is 10.1 Å². The van der Waals surface area contributed by atoms with Gasteiger partial charge in [-0.3, -0.25) is 4.55 Å². The minimum atomic E-state index is -4.17. The van der Waals surface area contributed by atoms with Crippen molar-refractivity contribution in [1.82, 2.24) is 0 Å². The van der Waals surface area contributed by atoms with E-state index in [1.807, 2.05) is 6.92 Å². The third kappa shape index (κ3) is 3.38. The Kier molecular flexibility index (Phi) is 3.49. The molecule has 0 radical (unpaired) electrons. The lowest BCUT2D eigenvalue weighted by Crippen LogP contribution is -2.07. The van der Waals surface area contributed by atoms with Crippen molar-refractivity contribution in [2.75, 3.05) is 11.9 Å². The minimum absolute atomic E-state index is 0.119. The van der Waals surface area contributed by atoms with Gasteiger partial charge in [-0.1, -0.05) is 24.3 Å². The summed E-state index contributed by atoms with van der Waals surface area (Å²) >= 11 is 0. The van der Waals surface area contributed by atoms with Crippen LogP contribution in [0.2, 0.25) is 0 Å². The highest BCUT2D eigenvalue weighted by Gasteiger charge is 2.13. The van der Waals surface area contributed by atoms with Gasteiger partial charge in [-0.15, -0.1) is 0 Å². The molecule has 1 aromatic carbocycles. The van der Waals surface area contributed by atoms with E-state index < -0.39 is 10.1 Å². The van der Waals surface area contributed by atoms with E-state index >= 15 is 0 Å². The Bertz CT molecular complexity index is 465. The Morgan fingerprint density at radius 2 is 2.07 bits per heavy atom. The number of rotatable bonds is 4. The first-order valence-corrected chi connectivity index (χ1v) is 5.80. The standard InChI is InChI=1S/C10H13NO3S/c1-8(2)7-11-9-5-3-4-6-10(9)15(12,13)14/h3-6,11H,1,7H2,2H3,(H,12,13,14). The minimum Gasteiger partial charge on any atom is -0.380 e. The smallest absolute Gasteiger partial charge is 0.296 e. The second kappa shape index (κ2) is 4.46. The van der Waals surface area contributed by atoms with Crippen LogP contribution < -0.4 is 5.32 Å². The fourth-order valence-electron chi connectivity index (χ4n) is 1.08. The summed E-state index contributed by atoms with van der Waals surface area (Å²) in [6, 6.07) is 6.17. The lowest BCUT2D eigenvalue weighted by Gasteiger charge is -2.09. The fraction of sp³-hybridized carbons (Fsp3) is 0.200. The lowest BCUT2D eigenvalue weighted by molar-refractivity contribution is 0.483. The van der Waals surface area contributed by atoms with Crippen LogP contribution in [0.4, 0.5) is 5.69 Å². The maximum atomic E-state index is 11.0. The van der Waals surface area contributed by atoms with Crippen LogP contribution in [0.1, 0.15) is 6.92 Å². The highest BCUT2D eigenvalue weighted by Crippen LogP contribution is 2.20. The van der Waals surface area contributed by atoms with E-state index in [1.165, 1.54) is 6.07 Å². The Hall–Kier alpha value is -1.33. The number of benzene rings is 1. The summed E-state index contributed by atoms with van der Waals surface area (Å²) in [5, 5.41) is 2.88. The molecule has 0 aliphatic heterocycles. The lowest BCUT2D eigenvalue weighted by atomic mass is 10.3. The summed E-state index contributed by atoms with van der Waals surface area (Å²) in [6.07, 6.45) is 0. The molecule has 0 heterocycles. The molecule has 0 atom stereocenters. The van der Waals surface area contributed by atoms with E-state index in [4.69, 9.17) is 4.55 Å².